The SMILES string of the molecule is CCCCCCCCCOC(C)c1ccc(-c2ccc(OCCCCC)cc2)cc1. The number of hydrogen-bond acceptors (Lipinski definition) is 2. The van der Waals surface area contributed by atoms with Crippen molar-refractivity contribution in [1.82, 2.24) is 0 Å². The molecule has 0 spiro atoms. The highest BCUT2D eigenvalue weighted by Gasteiger charge is 2.06. The minimum atomic E-state index is 0.151. The highest BCUT2D eigenvalue weighted by molar-refractivity contribution is 5.64. The molecule has 0 bridgehead atoms. The van der Waals surface area contributed by atoms with Crippen LogP contribution in [0.3, 0.4) is 0 Å². The van der Waals surface area contributed by atoms with Crippen LogP contribution in [0.2, 0.25) is 0 Å². The van der Waals surface area contributed by atoms with E-state index >= 15 is 0 Å². The van der Waals surface area contributed by atoms with Gasteiger partial charge in [-0.05, 0) is 48.6 Å². The van der Waals surface area contributed by atoms with Crippen LogP contribution in [0.15, 0.2) is 48.5 Å². The smallest absolute Gasteiger partial charge is 0.119 e. The molecule has 0 aliphatic carbocycles. The summed E-state index contributed by atoms with van der Waals surface area (Å²) in [6.45, 7) is 8.29. The highest BCUT2D eigenvalue weighted by atomic mass is 16.5. The van der Waals surface area contributed by atoms with Gasteiger partial charge in [-0.1, -0.05) is 102 Å². The van der Waals surface area contributed by atoms with Crippen LogP contribution >= 0.6 is 0 Å². The van der Waals surface area contributed by atoms with Gasteiger partial charge in [0.05, 0.1) is 12.7 Å². The minimum absolute atomic E-state index is 0.151. The molecule has 0 amide bonds. The van der Waals surface area contributed by atoms with E-state index in [4.69, 9.17) is 9.47 Å². The van der Waals surface area contributed by atoms with Crippen molar-refractivity contribution in [1.29, 1.82) is 0 Å². The Bertz CT molecular complexity index is 660. The van der Waals surface area contributed by atoms with Crippen molar-refractivity contribution in [3.05, 3.63) is 54.1 Å². The summed E-state index contributed by atoms with van der Waals surface area (Å²) in [6.07, 6.45) is 13.0. The Labute approximate surface area is 185 Å². The Morgan fingerprint density at radius 2 is 1.10 bits per heavy atom. The molecule has 1 unspecified atom stereocenters. The van der Waals surface area contributed by atoms with Gasteiger partial charge in [-0.25, -0.2) is 0 Å². The molecule has 0 heterocycles. The van der Waals surface area contributed by atoms with Gasteiger partial charge >= 0.3 is 0 Å². The lowest BCUT2D eigenvalue weighted by molar-refractivity contribution is 0.0627. The third-order valence-corrected chi connectivity index (χ3v) is 5.70. The molecule has 0 aromatic heterocycles. The molecule has 30 heavy (non-hydrogen) atoms. The molecule has 0 radical (unpaired) electrons. The zero-order valence-electron chi connectivity index (χ0n) is 19.5. The molecule has 2 aromatic carbocycles. The predicted molar refractivity (Wildman–Crippen MR) is 129 cm³/mol. The van der Waals surface area contributed by atoms with Crippen LogP contribution in [0, 0.1) is 0 Å². The van der Waals surface area contributed by atoms with E-state index in [-0.39, 0.29) is 6.10 Å². The van der Waals surface area contributed by atoms with Crippen LogP contribution in [0.25, 0.3) is 11.1 Å². The molecule has 2 heteroatoms. The summed E-state index contributed by atoms with van der Waals surface area (Å²) in [4.78, 5) is 0. The van der Waals surface area contributed by atoms with Crippen LogP contribution in [-0.4, -0.2) is 13.2 Å². The number of unbranched alkanes of at least 4 members (excludes halogenated alkanes) is 8. The van der Waals surface area contributed by atoms with Crippen LogP contribution in [0.1, 0.15) is 96.6 Å². The molecule has 166 valence electrons. The average molecular weight is 411 g/mol. The molecular formula is C28H42O2. The largest absolute Gasteiger partial charge is 0.494 e. The predicted octanol–water partition coefficient (Wildman–Crippen LogP) is 8.75. The standard InChI is InChI=1S/C28H42O2/c1-4-6-8-9-10-11-13-22-29-24(3)25-14-16-26(17-15-25)27-18-20-28(21-19-27)30-23-12-7-5-2/h14-21,24H,4-13,22-23H2,1-3H3. The van der Waals surface area contributed by atoms with E-state index in [9.17, 15) is 0 Å². The van der Waals surface area contributed by atoms with Gasteiger partial charge in [0.1, 0.15) is 5.75 Å². The lowest BCUT2D eigenvalue weighted by Gasteiger charge is -2.14. The molecule has 2 aromatic rings. The summed E-state index contributed by atoms with van der Waals surface area (Å²) in [5, 5.41) is 0. The van der Waals surface area contributed by atoms with E-state index in [0.29, 0.717) is 0 Å². The number of ether oxygens (including phenoxy) is 2. The molecule has 1 atom stereocenters. The van der Waals surface area contributed by atoms with Gasteiger partial charge in [0.2, 0.25) is 0 Å². The summed E-state index contributed by atoms with van der Waals surface area (Å²) in [5.41, 5.74) is 3.70. The topological polar surface area (TPSA) is 18.5 Å². The van der Waals surface area contributed by atoms with Crippen LogP contribution in [0.5, 0.6) is 5.75 Å². The van der Waals surface area contributed by atoms with Crippen molar-refractivity contribution in [3.63, 3.8) is 0 Å². The zero-order chi connectivity index (χ0) is 21.4. The first-order valence-corrected chi connectivity index (χ1v) is 12.2. The summed E-state index contributed by atoms with van der Waals surface area (Å²) in [5.74, 6) is 0.957. The summed E-state index contributed by atoms with van der Waals surface area (Å²) < 4.78 is 11.9. The Morgan fingerprint density at radius 1 is 0.600 bits per heavy atom. The van der Waals surface area contributed by atoms with E-state index < -0.39 is 0 Å². The Morgan fingerprint density at radius 3 is 1.73 bits per heavy atom. The van der Waals surface area contributed by atoms with Crippen molar-refractivity contribution in [2.75, 3.05) is 13.2 Å². The molecule has 0 fully saturated rings. The molecule has 2 rings (SSSR count). The maximum atomic E-state index is 6.06. The maximum absolute atomic E-state index is 6.06. The first kappa shape index (κ1) is 24.5. The molecule has 2 nitrogen and oxygen atoms in total. The van der Waals surface area contributed by atoms with Gasteiger partial charge in [-0.15, -0.1) is 0 Å². The van der Waals surface area contributed by atoms with Crippen molar-refractivity contribution >= 4 is 0 Å². The summed E-state index contributed by atoms with van der Waals surface area (Å²) in [7, 11) is 0. The normalized spacial score (nSPS) is 12.1. The Kier molecular flexibility index (Phi) is 12.3. The monoisotopic (exact) mass is 410 g/mol. The lowest BCUT2D eigenvalue weighted by atomic mass is 10.0. The van der Waals surface area contributed by atoms with Crippen molar-refractivity contribution in [2.45, 2.75) is 91.1 Å². The van der Waals surface area contributed by atoms with E-state index in [1.54, 1.807) is 0 Å². The Balaban J connectivity index is 1.72. The van der Waals surface area contributed by atoms with Gasteiger partial charge in [-0.3, -0.25) is 0 Å². The van der Waals surface area contributed by atoms with E-state index in [1.165, 1.54) is 74.5 Å². The van der Waals surface area contributed by atoms with Gasteiger partial charge in [-0.2, -0.15) is 0 Å². The molecule has 0 aliphatic rings. The molecule has 0 N–H and O–H groups in total. The van der Waals surface area contributed by atoms with Gasteiger partial charge in [0.25, 0.3) is 0 Å². The zero-order valence-corrected chi connectivity index (χ0v) is 19.5. The van der Waals surface area contributed by atoms with Crippen LogP contribution < -0.4 is 4.74 Å². The van der Waals surface area contributed by atoms with Crippen LogP contribution in [0.4, 0.5) is 0 Å². The lowest BCUT2D eigenvalue weighted by Crippen LogP contribution is -2.01. The molecule has 0 saturated carbocycles. The van der Waals surface area contributed by atoms with E-state index in [0.717, 1.165) is 25.4 Å². The summed E-state index contributed by atoms with van der Waals surface area (Å²) in [6, 6.07) is 17.2. The number of rotatable bonds is 16. The van der Waals surface area contributed by atoms with Gasteiger partial charge in [0.15, 0.2) is 0 Å². The summed E-state index contributed by atoms with van der Waals surface area (Å²) >= 11 is 0. The fourth-order valence-electron chi connectivity index (χ4n) is 3.65. The van der Waals surface area contributed by atoms with Crippen LogP contribution in [-0.2, 0) is 4.74 Å². The fourth-order valence-corrected chi connectivity index (χ4v) is 3.65. The first-order valence-electron chi connectivity index (χ1n) is 12.2. The van der Waals surface area contributed by atoms with E-state index in [2.05, 4.69) is 69.3 Å². The highest BCUT2D eigenvalue weighted by Crippen LogP contribution is 2.25. The quantitative estimate of drug-likeness (QED) is 0.257. The second kappa shape index (κ2) is 15.1. The number of benzene rings is 2. The molecule has 0 saturated heterocycles. The van der Waals surface area contributed by atoms with Crippen molar-refractivity contribution in [3.8, 4) is 16.9 Å². The fraction of sp³-hybridized carbons (Fsp3) is 0.571. The van der Waals surface area contributed by atoms with Gasteiger partial charge in [0, 0.05) is 6.61 Å². The Hall–Kier alpha value is -1.80. The van der Waals surface area contributed by atoms with Gasteiger partial charge < -0.3 is 9.47 Å². The second-order valence-electron chi connectivity index (χ2n) is 8.34. The van der Waals surface area contributed by atoms with Crippen molar-refractivity contribution in [2.24, 2.45) is 0 Å². The minimum Gasteiger partial charge on any atom is -0.494 e. The third kappa shape index (κ3) is 9.34. The molecular weight excluding hydrogens is 368 g/mol. The maximum Gasteiger partial charge on any atom is 0.119 e. The first-order chi connectivity index (χ1) is 14.7. The second-order valence-corrected chi connectivity index (χ2v) is 8.34. The third-order valence-electron chi connectivity index (χ3n) is 5.70. The number of hydrogen-bond donors (Lipinski definition) is 0. The average Bonchev–Trinajstić information content (AvgIpc) is 2.79. The van der Waals surface area contributed by atoms with Crippen molar-refractivity contribution < 1.29 is 9.47 Å². The molecule has 0 aliphatic heterocycles. The van der Waals surface area contributed by atoms with E-state index in [1.807, 2.05) is 0 Å².